The summed E-state index contributed by atoms with van der Waals surface area (Å²) >= 11 is 6.94. The maximum atomic E-state index is 9.53. The van der Waals surface area contributed by atoms with Crippen molar-refractivity contribution < 1.29 is 9.47 Å². The number of ether oxygens (including phenoxy) is 2. The predicted molar refractivity (Wildman–Crippen MR) is 93.4 cm³/mol. The van der Waals surface area contributed by atoms with E-state index in [1.165, 1.54) is 22.7 Å². The van der Waals surface area contributed by atoms with Crippen LogP contribution in [0.5, 0.6) is 0 Å². The quantitative estimate of drug-likeness (QED) is 0.722. The topological polar surface area (TPSA) is 66.0 Å². The molecule has 112 valence electrons. The predicted octanol–water partition coefficient (Wildman–Crippen LogP) is 4.15. The minimum atomic E-state index is 0.343. The van der Waals surface area contributed by atoms with Gasteiger partial charge in [0, 0.05) is 17.1 Å². The smallest absolute Gasteiger partial charge is 0.180 e. The van der Waals surface area contributed by atoms with E-state index in [0.717, 1.165) is 15.7 Å². The maximum absolute atomic E-state index is 9.53. The van der Waals surface area contributed by atoms with Crippen LogP contribution >= 0.6 is 47.0 Å². The number of nitriles is 2. The summed E-state index contributed by atoms with van der Waals surface area (Å²) in [5, 5.41) is 19.1. The molecule has 0 fully saturated rings. The highest BCUT2D eigenvalue weighted by atomic mass is 32.3. The van der Waals surface area contributed by atoms with Crippen LogP contribution in [-0.2, 0) is 9.47 Å². The van der Waals surface area contributed by atoms with Crippen LogP contribution < -0.4 is 0 Å². The van der Waals surface area contributed by atoms with Crippen LogP contribution in [0.15, 0.2) is 40.9 Å². The number of methoxy groups -OCH3 is 2. The lowest BCUT2D eigenvalue weighted by Gasteiger charge is -2.08. The molecule has 4 nitrogen and oxygen atoms in total. The van der Waals surface area contributed by atoms with Gasteiger partial charge in [0.1, 0.15) is 23.3 Å². The van der Waals surface area contributed by atoms with Crippen LogP contribution in [0.3, 0.4) is 0 Å². The van der Waals surface area contributed by atoms with E-state index in [1.807, 2.05) is 23.5 Å². The highest BCUT2D eigenvalue weighted by Crippen LogP contribution is 2.62. The van der Waals surface area contributed by atoms with Gasteiger partial charge in [-0.3, -0.25) is 0 Å². The largest absolute Gasteiger partial charge is 0.491 e. The van der Waals surface area contributed by atoms with Crippen LogP contribution in [0, 0.1) is 22.7 Å². The van der Waals surface area contributed by atoms with Crippen LogP contribution in [0.25, 0.3) is 0 Å². The van der Waals surface area contributed by atoms with Crippen molar-refractivity contribution >= 4 is 47.0 Å². The summed E-state index contributed by atoms with van der Waals surface area (Å²) in [5.41, 5.74) is 1.39. The Kier molecular flexibility index (Phi) is 4.74. The number of allylic oxidation sites excluding steroid dienone is 3. The first-order valence-electron chi connectivity index (χ1n) is 6.22. The lowest BCUT2D eigenvalue weighted by Crippen LogP contribution is -1.94. The Morgan fingerprint density at radius 3 is 1.64 bits per heavy atom. The van der Waals surface area contributed by atoms with Crippen molar-refractivity contribution in [3.8, 4) is 12.1 Å². The highest BCUT2D eigenvalue weighted by molar-refractivity contribution is 8.41. The van der Waals surface area contributed by atoms with Gasteiger partial charge in [0.2, 0.25) is 0 Å². The van der Waals surface area contributed by atoms with Gasteiger partial charge in [0.05, 0.1) is 26.9 Å². The van der Waals surface area contributed by atoms with Gasteiger partial charge in [0.15, 0.2) is 11.5 Å². The van der Waals surface area contributed by atoms with E-state index >= 15 is 0 Å². The Morgan fingerprint density at radius 2 is 1.27 bits per heavy atom. The first-order chi connectivity index (χ1) is 10.7. The molecule has 0 amide bonds. The third-order valence-corrected chi connectivity index (χ3v) is 8.87. The fourth-order valence-corrected chi connectivity index (χ4v) is 8.26. The van der Waals surface area contributed by atoms with E-state index in [9.17, 15) is 10.5 Å². The van der Waals surface area contributed by atoms with Crippen LogP contribution in [0.4, 0.5) is 0 Å². The van der Waals surface area contributed by atoms with Crippen molar-refractivity contribution in [1.29, 1.82) is 10.5 Å². The van der Waals surface area contributed by atoms with E-state index in [-0.39, 0.29) is 0 Å². The second-order valence-corrected chi connectivity index (χ2v) is 9.21. The van der Waals surface area contributed by atoms with E-state index in [1.54, 1.807) is 23.5 Å². The first-order valence-corrected chi connectivity index (χ1v) is 9.83. The molecule has 8 heteroatoms. The average molecular weight is 367 g/mol. The summed E-state index contributed by atoms with van der Waals surface area (Å²) in [6.45, 7) is 0. The molecule has 0 saturated heterocycles. The van der Waals surface area contributed by atoms with Gasteiger partial charge in [-0.2, -0.15) is 10.5 Å². The molecule has 2 heterocycles. The molecule has 0 radical (unpaired) electrons. The Labute approximate surface area is 145 Å². The Hall–Kier alpha value is -1.06. The van der Waals surface area contributed by atoms with Gasteiger partial charge in [-0.05, 0) is 0 Å². The van der Waals surface area contributed by atoms with Crippen molar-refractivity contribution in [3.05, 3.63) is 40.9 Å². The van der Waals surface area contributed by atoms with Crippen LogP contribution in [0.2, 0.25) is 0 Å². The van der Waals surface area contributed by atoms with Crippen molar-refractivity contribution in [2.24, 2.45) is 0 Å². The van der Waals surface area contributed by atoms with Crippen molar-refractivity contribution in [1.82, 2.24) is 0 Å². The molecule has 0 atom stereocenters. The molecule has 22 heavy (non-hydrogen) atoms. The third kappa shape index (κ3) is 2.44. The number of nitrogens with zero attached hydrogens (tertiary/aromatic N) is 2. The van der Waals surface area contributed by atoms with Crippen LogP contribution in [-0.4, -0.2) is 25.7 Å². The third-order valence-electron chi connectivity index (χ3n) is 3.08. The molecule has 0 spiro atoms. The number of thioether (sulfide) groups is 4. The van der Waals surface area contributed by atoms with Gasteiger partial charge in [0.25, 0.3) is 0 Å². The molecule has 3 rings (SSSR count). The molecule has 0 unspecified atom stereocenters. The average Bonchev–Trinajstić information content (AvgIpc) is 3.11. The number of rotatable bonds is 2. The summed E-state index contributed by atoms with van der Waals surface area (Å²) < 4.78 is 14.1. The summed E-state index contributed by atoms with van der Waals surface area (Å²) in [6, 6.07) is 4.33. The summed E-state index contributed by atoms with van der Waals surface area (Å²) in [4.78, 5) is 0. The van der Waals surface area contributed by atoms with E-state index < -0.39 is 0 Å². The first kappa shape index (κ1) is 15.8. The monoisotopic (exact) mass is 366 g/mol. The minimum Gasteiger partial charge on any atom is -0.491 e. The summed E-state index contributed by atoms with van der Waals surface area (Å²) in [6.07, 6.45) is 0. The maximum Gasteiger partial charge on any atom is 0.180 e. The van der Waals surface area contributed by atoms with Gasteiger partial charge in [-0.15, -0.1) is 23.5 Å². The summed E-state index contributed by atoms with van der Waals surface area (Å²) in [7, 11) is 2.97. The van der Waals surface area contributed by atoms with Crippen LogP contribution in [0.1, 0.15) is 0 Å². The van der Waals surface area contributed by atoms with Crippen molar-refractivity contribution in [2.45, 2.75) is 0 Å². The minimum absolute atomic E-state index is 0.343. The molecule has 0 saturated carbocycles. The normalized spacial score (nSPS) is 21.1. The molecule has 0 aromatic rings. The second-order valence-electron chi connectivity index (χ2n) is 4.18. The molecule has 0 aromatic heterocycles. The number of hydrogen-bond acceptors (Lipinski definition) is 8. The SMILES string of the molecule is COC1=C(C#N)C(=C2SC3=C(SCCS3)S2)C(C#N)=C1OC. The lowest BCUT2D eigenvalue weighted by molar-refractivity contribution is 0.220. The van der Waals surface area contributed by atoms with Crippen molar-refractivity contribution in [3.63, 3.8) is 0 Å². The molecular formula is C14H10N2O2S4. The lowest BCUT2D eigenvalue weighted by atomic mass is 10.1. The Bertz CT molecular complexity index is 690. The molecule has 2 aliphatic heterocycles. The van der Waals surface area contributed by atoms with Gasteiger partial charge >= 0.3 is 0 Å². The molecular weight excluding hydrogens is 356 g/mol. The molecule has 0 aromatic carbocycles. The zero-order valence-electron chi connectivity index (χ0n) is 11.8. The van der Waals surface area contributed by atoms with E-state index in [2.05, 4.69) is 12.1 Å². The Morgan fingerprint density at radius 1 is 0.818 bits per heavy atom. The standard InChI is InChI=1S/C14H10N2O2S4/c1-17-10-7(5-15)9(8(6-16)11(10)18-2)12-21-13-14(22-12)20-4-3-19-13/h3-4H2,1-2H3. The zero-order chi connectivity index (χ0) is 15.7. The second kappa shape index (κ2) is 6.59. The Balaban J connectivity index is 2.12. The van der Waals surface area contributed by atoms with Crippen molar-refractivity contribution in [2.75, 3.05) is 25.7 Å². The fourth-order valence-electron chi connectivity index (χ4n) is 2.21. The molecule has 0 bridgehead atoms. The van der Waals surface area contributed by atoms with E-state index in [4.69, 9.17) is 9.47 Å². The summed E-state index contributed by atoms with van der Waals surface area (Å²) in [5.74, 6) is 2.87. The molecule has 0 N–H and O–H groups in total. The van der Waals surface area contributed by atoms with Gasteiger partial charge in [-0.25, -0.2) is 0 Å². The molecule has 3 aliphatic rings. The van der Waals surface area contributed by atoms with E-state index in [0.29, 0.717) is 28.2 Å². The number of hydrogen-bond donors (Lipinski definition) is 0. The zero-order valence-corrected chi connectivity index (χ0v) is 15.0. The van der Waals surface area contributed by atoms with Gasteiger partial charge < -0.3 is 9.47 Å². The fraction of sp³-hybridized carbons (Fsp3) is 0.286. The van der Waals surface area contributed by atoms with Gasteiger partial charge in [-0.1, -0.05) is 23.5 Å². The molecule has 1 aliphatic carbocycles. The highest BCUT2D eigenvalue weighted by Gasteiger charge is 2.37.